The van der Waals surface area contributed by atoms with Crippen LogP contribution >= 0.6 is 0 Å². The molecule has 5 heteroatoms. The van der Waals surface area contributed by atoms with E-state index in [0.717, 1.165) is 18.7 Å². The molecular weight excluding hydrogens is 264 g/mol. The minimum absolute atomic E-state index is 0.0205. The topological polar surface area (TPSA) is 59.4 Å². The number of amides is 1. The van der Waals surface area contributed by atoms with Crippen LogP contribution in [0.4, 0.5) is 5.69 Å². The normalized spacial score (nSPS) is 26.2. The van der Waals surface area contributed by atoms with E-state index in [9.17, 15) is 4.79 Å². The lowest BCUT2D eigenvalue weighted by Gasteiger charge is -2.40. The predicted molar refractivity (Wildman–Crippen MR) is 83.5 cm³/mol. The SMILES string of the molecule is CN1C(=N)N[C@](C)(c2cccc(N3CCCC3)c2)CC1=O. The van der Waals surface area contributed by atoms with Gasteiger partial charge < -0.3 is 10.2 Å². The number of nitrogens with one attached hydrogen (secondary N) is 2. The molecule has 0 aromatic heterocycles. The van der Waals surface area contributed by atoms with Crippen LogP contribution in [-0.4, -0.2) is 36.9 Å². The molecule has 0 spiro atoms. The summed E-state index contributed by atoms with van der Waals surface area (Å²) in [6.45, 7) is 4.20. The maximum atomic E-state index is 12.1. The summed E-state index contributed by atoms with van der Waals surface area (Å²) in [6.07, 6.45) is 2.86. The van der Waals surface area contributed by atoms with Gasteiger partial charge in [0.15, 0.2) is 5.96 Å². The average molecular weight is 286 g/mol. The van der Waals surface area contributed by atoms with Crippen molar-refractivity contribution in [3.05, 3.63) is 29.8 Å². The maximum absolute atomic E-state index is 12.1. The highest BCUT2D eigenvalue weighted by Gasteiger charge is 2.38. The van der Waals surface area contributed by atoms with Crippen molar-refractivity contribution in [1.82, 2.24) is 10.2 Å². The maximum Gasteiger partial charge on any atom is 0.231 e. The molecule has 2 heterocycles. The molecule has 5 nitrogen and oxygen atoms in total. The molecule has 0 radical (unpaired) electrons. The Kier molecular flexibility index (Phi) is 3.35. The second kappa shape index (κ2) is 5.06. The van der Waals surface area contributed by atoms with Gasteiger partial charge in [-0.05, 0) is 37.5 Å². The number of guanidine groups is 1. The molecule has 21 heavy (non-hydrogen) atoms. The lowest BCUT2D eigenvalue weighted by molar-refractivity contribution is -0.129. The van der Waals surface area contributed by atoms with Crippen molar-refractivity contribution in [2.45, 2.75) is 31.7 Å². The number of carbonyl (C=O) groups excluding carboxylic acids is 1. The number of hydrogen-bond donors (Lipinski definition) is 2. The van der Waals surface area contributed by atoms with E-state index in [1.807, 2.05) is 19.1 Å². The number of anilines is 1. The summed E-state index contributed by atoms with van der Waals surface area (Å²) in [5, 5.41) is 11.1. The molecule has 2 aliphatic heterocycles. The number of benzene rings is 1. The van der Waals surface area contributed by atoms with Crippen LogP contribution in [0.3, 0.4) is 0 Å². The van der Waals surface area contributed by atoms with E-state index in [1.54, 1.807) is 7.05 Å². The molecule has 0 saturated carbocycles. The van der Waals surface area contributed by atoms with Gasteiger partial charge in [-0.15, -0.1) is 0 Å². The molecule has 112 valence electrons. The quantitative estimate of drug-likeness (QED) is 0.873. The third-order valence-corrected chi connectivity index (χ3v) is 4.56. The lowest BCUT2D eigenvalue weighted by Crippen LogP contribution is -2.58. The summed E-state index contributed by atoms with van der Waals surface area (Å²) in [7, 11) is 1.64. The van der Waals surface area contributed by atoms with Crippen LogP contribution in [-0.2, 0) is 10.3 Å². The molecule has 2 saturated heterocycles. The summed E-state index contributed by atoms with van der Waals surface area (Å²) in [6, 6.07) is 8.37. The van der Waals surface area contributed by atoms with Gasteiger partial charge in [-0.2, -0.15) is 0 Å². The van der Waals surface area contributed by atoms with Crippen molar-refractivity contribution in [2.75, 3.05) is 25.0 Å². The van der Waals surface area contributed by atoms with E-state index < -0.39 is 5.54 Å². The van der Waals surface area contributed by atoms with E-state index in [2.05, 4.69) is 22.3 Å². The van der Waals surface area contributed by atoms with Gasteiger partial charge in [0.1, 0.15) is 0 Å². The van der Waals surface area contributed by atoms with Gasteiger partial charge in [0.2, 0.25) is 5.91 Å². The van der Waals surface area contributed by atoms with Gasteiger partial charge in [0, 0.05) is 25.8 Å². The summed E-state index contributed by atoms with van der Waals surface area (Å²) in [5.41, 5.74) is 1.78. The monoisotopic (exact) mass is 286 g/mol. The van der Waals surface area contributed by atoms with Crippen LogP contribution in [0.25, 0.3) is 0 Å². The van der Waals surface area contributed by atoms with Gasteiger partial charge >= 0.3 is 0 Å². The Balaban J connectivity index is 1.90. The highest BCUT2D eigenvalue weighted by atomic mass is 16.2. The summed E-state index contributed by atoms with van der Waals surface area (Å²) in [4.78, 5) is 15.8. The van der Waals surface area contributed by atoms with Crippen LogP contribution < -0.4 is 10.2 Å². The van der Waals surface area contributed by atoms with Crippen LogP contribution in [0.1, 0.15) is 31.7 Å². The van der Waals surface area contributed by atoms with E-state index in [-0.39, 0.29) is 11.9 Å². The molecule has 2 fully saturated rings. The Morgan fingerprint density at radius 3 is 2.67 bits per heavy atom. The zero-order valence-electron chi connectivity index (χ0n) is 12.6. The van der Waals surface area contributed by atoms with Gasteiger partial charge in [0.25, 0.3) is 0 Å². The van der Waals surface area contributed by atoms with Crippen molar-refractivity contribution in [1.29, 1.82) is 5.41 Å². The molecule has 1 aromatic rings. The Hall–Kier alpha value is -2.04. The van der Waals surface area contributed by atoms with Crippen molar-refractivity contribution < 1.29 is 4.79 Å². The minimum Gasteiger partial charge on any atom is -0.372 e. The molecule has 0 bridgehead atoms. The summed E-state index contributed by atoms with van der Waals surface area (Å²) < 4.78 is 0. The van der Waals surface area contributed by atoms with E-state index >= 15 is 0 Å². The first-order chi connectivity index (χ1) is 9.99. The van der Waals surface area contributed by atoms with Crippen molar-refractivity contribution in [3.8, 4) is 0 Å². The van der Waals surface area contributed by atoms with Gasteiger partial charge in [-0.1, -0.05) is 12.1 Å². The van der Waals surface area contributed by atoms with Gasteiger partial charge in [0.05, 0.1) is 12.0 Å². The third kappa shape index (κ3) is 2.48. The fourth-order valence-electron chi connectivity index (χ4n) is 3.13. The summed E-state index contributed by atoms with van der Waals surface area (Å²) >= 11 is 0. The minimum atomic E-state index is -0.504. The Morgan fingerprint density at radius 2 is 2.00 bits per heavy atom. The second-order valence-electron chi connectivity index (χ2n) is 6.18. The first-order valence-electron chi connectivity index (χ1n) is 7.48. The molecule has 2 aliphatic rings. The number of rotatable bonds is 2. The highest BCUT2D eigenvalue weighted by molar-refractivity contribution is 5.98. The van der Waals surface area contributed by atoms with Gasteiger partial charge in [-0.25, -0.2) is 0 Å². The van der Waals surface area contributed by atoms with Crippen LogP contribution in [0.5, 0.6) is 0 Å². The van der Waals surface area contributed by atoms with E-state index in [4.69, 9.17) is 5.41 Å². The fourth-order valence-corrected chi connectivity index (χ4v) is 3.13. The largest absolute Gasteiger partial charge is 0.372 e. The predicted octanol–water partition coefficient (Wildman–Crippen LogP) is 1.89. The van der Waals surface area contributed by atoms with Crippen LogP contribution in [0.15, 0.2) is 24.3 Å². The average Bonchev–Trinajstić information content (AvgIpc) is 2.99. The number of nitrogens with zero attached hydrogens (tertiary/aromatic N) is 2. The van der Waals surface area contributed by atoms with Crippen molar-refractivity contribution in [2.24, 2.45) is 0 Å². The molecule has 1 amide bonds. The molecule has 3 rings (SSSR count). The van der Waals surface area contributed by atoms with Crippen LogP contribution in [0.2, 0.25) is 0 Å². The van der Waals surface area contributed by atoms with Crippen LogP contribution in [0, 0.1) is 5.41 Å². The molecular formula is C16H22N4O. The molecule has 1 aromatic carbocycles. The fraction of sp³-hybridized carbons (Fsp3) is 0.500. The first kappa shape index (κ1) is 13.9. The summed E-state index contributed by atoms with van der Waals surface area (Å²) in [5.74, 6) is 0.146. The number of carbonyl (C=O) groups is 1. The lowest BCUT2D eigenvalue weighted by atomic mass is 9.86. The van der Waals surface area contributed by atoms with E-state index in [1.165, 1.54) is 23.4 Å². The zero-order chi connectivity index (χ0) is 15.0. The zero-order valence-corrected chi connectivity index (χ0v) is 12.6. The van der Waals surface area contributed by atoms with E-state index in [0.29, 0.717) is 6.42 Å². The Bertz CT molecular complexity index is 559. The molecule has 2 N–H and O–H groups in total. The third-order valence-electron chi connectivity index (χ3n) is 4.56. The molecule has 0 unspecified atom stereocenters. The van der Waals surface area contributed by atoms with Crippen molar-refractivity contribution in [3.63, 3.8) is 0 Å². The Labute approximate surface area is 125 Å². The standard InChI is InChI=1S/C16H22N4O/c1-16(11-14(21)19(2)15(17)18-16)12-6-5-7-13(10-12)20-8-3-4-9-20/h5-7,10H,3-4,8-9,11H2,1-2H3,(H2,17,18)/t16-/m0/s1. The molecule has 0 aliphatic carbocycles. The highest BCUT2D eigenvalue weighted by Crippen LogP contribution is 2.31. The smallest absolute Gasteiger partial charge is 0.231 e. The second-order valence-corrected chi connectivity index (χ2v) is 6.18. The van der Waals surface area contributed by atoms with Crippen molar-refractivity contribution >= 4 is 17.6 Å². The first-order valence-corrected chi connectivity index (χ1v) is 7.48. The number of hydrogen-bond acceptors (Lipinski definition) is 3. The van der Waals surface area contributed by atoms with Gasteiger partial charge in [-0.3, -0.25) is 15.1 Å². The molecule has 1 atom stereocenters. The Morgan fingerprint density at radius 1 is 1.29 bits per heavy atom.